The first kappa shape index (κ1) is 15.9. The predicted octanol–water partition coefficient (Wildman–Crippen LogP) is 3.28. The van der Waals surface area contributed by atoms with Crippen LogP contribution in [-0.2, 0) is 9.05 Å². The number of hydrogen-bond acceptors (Lipinski definition) is 3. The van der Waals surface area contributed by atoms with Gasteiger partial charge in [-0.2, -0.15) is 0 Å². The zero-order valence-electron chi connectivity index (χ0n) is 9.17. The number of amides is 1. The van der Waals surface area contributed by atoms with Gasteiger partial charge in [0.2, 0.25) is 0 Å². The standard InChI is InChI=1S/C9H7Cl4NO3S/c1-14(2)9(15)6-7(11)4(10)3-5(8(6)12)18(13,16)17/h3H,1-2H3. The number of halogens is 4. The van der Waals surface area contributed by atoms with Gasteiger partial charge in [0.25, 0.3) is 15.0 Å². The smallest absolute Gasteiger partial charge is 0.262 e. The van der Waals surface area contributed by atoms with Crippen LogP contribution in [0.25, 0.3) is 0 Å². The van der Waals surface area contributed by atoms with Crippen LogP contribution in [0.15, 0.2) is 11.0 Å². The molecular weight excluding hydrogens is 344 g/mol. The Morgan fingerprint density at radius 3 is 2.06 bits per heavy atom. The van der Waals surface area contributed by atoms with E-state index in [9.17, 15) is 13.2 Å². The normalized spacial score (nSPS) is 11.4. The highest BCUT2D eigenvalue weighted by Crippen LogP contribution is 2.38. The van der Waals surface area contributed by atoms with Crippen LogP contribution in [0.4, 0.5) is 0 Å². The van der Waals surface area contributed by atoms with Crippen molar-refractivity contribution in [2.24, 2.45) is 0 Å². The highest BCUT2D eigenvalue weighted by molar-refractivity contribution is 8.13. The molecule has 0 spiro atoms. The number of benzene rings is 1. The summed E-state index contributed by atoms with van der Waals surface area (Å²) in [6.45, 7) is 0. The first-order valence-electron chi connectivity index (χ1n) is 4.41. The molecule has 0 saturated heterocycles. The van der Waals surface area contributed by atoms with Crippen molar-refractivity contribution < 1.29 is 13.2 Å². The average molecular weight is 351 g/mol. The summed E-state index contributed by atoms with van der Waals surface area (Å²) in [6, 6.07) is 1.00. The van der Waals surface area contributed by atoms with E-state index in [2.05, 4.69) is 0 Å². The number of rotatable bonds is 2. The van der Waals surface area contributed by atoms with E-state index in [0.29, 0.717) is 0 Å². The van der Waals surface area contributed by atoms with Crippen LogP contribution in [0.3, 0.4) is 0 Å². The lowest BCUT2D eigenvalue weighted by atomic mass is 10.2. The summed E-state index contributed by atoms with van der Waals surface area (Å²) in [5.41, 5.74) is -0.199. The van der Waals surface area contributed by atoms with Gasteiger partial charge in [0.15, 0.2) is 0 Å². The molecule has 0 bridgehead atoms. The van der Waals surface area contributed by atoms with Gasteiger partial charge in [0.05, 0.1) is 20.6 Å². The molecule has 0 heterocycles. The van der Waals surface area contributed by atoms with Gasteiger partial charge < -0.3 is 4.90 Å². The molecule has 0 aliphatic carbocycles. The number of hydrogen-bond donors (Lipinski definition) is 0. The Morgan fingerprint density at radius 1 is 1.17 bits per heavy atom. The summed E-state index contributed by atoms with van der Waals surface area (Å²) in [7, 11) is 4.00. The third-order valence-electron chi connectivity index (χ3n) is 2.01. The van der Waals surface area contributed by atoms with Crippen molar-refractivity contribution in [1.82, 2.24) is 4.90 Å². The molecule has 0 atom stereocenters. The quantitative estimate of drug-likeness (QED) is 0.607. The minimum absolute atomic E-state index is 0.120. The highest BCUT2D eigenvalue weighted by Gasteiger charge is 2.26. The predicted molar refractivity (Wildman–Crippen MR) is 72.5 cm³/mol. The van der Waals surface area contributed by atoms with E-state index < -0.39 is 19.9 Å². The Bertz CT molecular complexity index is 613. The van der Waals surface area contributed by atoms with Crippen LogP contribution in [0.1, 0.15) is 10.4 Å². The van der Waals surface area contributed by atoms with Gasteiger partial charge in [-0.15, -0.1) is 0 Å². The van der Waals surface area contributed by atoms with Crippen LogP contribution in [0, 0.1) is 0 Å². The lowest BCUT2D eigenvalue weighted by molar-refractivity contribution is 0.0827. The molecule has 18 heavy (non-hydrogen) atoms. The molecule has 1 aromatic carbocycles. The van der Waals surface area contributed by atoms with Crippen molar-refractivity contribution in [1.29, 1.82) is 0 Å². The fraction of sp³-hybridized carbons (Fsp3) is 0.222. The largest absolute Gasteiger partial charge is 0.345 e. The van der Waals surface area contributed by atoms with Crippen LogP contribution in [0.5, 0.6) is 0 Å². The van der Waals surface area contributed by atoms with Crippen LogP contribution in [-0.4, -0.2) is 33.3 Å². The fourth-order valence-corrected chi connectivity index (χ4v) is 3.31. The SMILES string of the molecule is CN(C)C(=O)c1c(Cl)c(Cl)cc(S(=O)(=O)Cl)c1Cl. The van der Waals surface area contributed by atoms with E-state index in [4.69, 9.17) is 45.5 Å². The molecule has 100 valence electrons. The summed E-state index contributed by atoms with van der Waals surface area (Å²) >= 11 is 17.5. The minimum Gasteiger partial charge on any atom is -0.345 e. The molecule has 0 aliphatic rings. The molecule has 1 rings (SSSR count). The van der Waals surface area contributed by atoms with E-state index in [1.165, 1.54) is 19.0 Å². The fourth-order valence-electron chi connectivity index (χ4n) is 1.17. The number of carbonyl (C=O) groups excluding carboxylic acids is 1. The maximum atomic E-state index is 11.9. The van der Waals surface area contributed by atoms with Gasteiger partial charge >= 0.3 is 0 Å². The number of nitrogens with zero attached hydrogens (tertiary/aromatic N) is 1. The minimum atomic E-state index is -4.13. The first-order valence-corrected chi connectivity index (χ1v) is 7.85. The molecule has 0 radical (unpaired) electrons. The molecule has 0 aliphatic heterocycles. The molecular formula is C9H7Cl4NO3S. The van der Waals surface area contributed by atoms with Gasteiger partial charge in [-0.3, -0.25) is 4.79 Å². The van der Waals surface area contributed by atoms with Gasteiger partial charge in [-0.1, -0.05) is 34.8 Å². The average Bonchev–Trinajstić information content (AvgIpc) is 2.21. The molecule has 0 saturated carbocycles. The Hall–Kier alpha value is -0.200. The first-order chi connectivity index (χ1) is 8.07. The molecule has 0 unspecified atom stereocenters. The maximum absolute atomic E-state index is 11.9. The summed E-state index contributed by atoms with van der Waals surface area (Å²) in [5, 5.41) is -0.590. The summed E-state index contributed by atoms with van der Waals surface area (Å²) in [5.74, 6) is -0.575. The monoisotopic (exact) mass is 349 g/mol. The Kier molecular flexibility index (Phi) is 4.78. The van der Waals surface area contributed by atoms with Crippen LogP contribution < -0.4 is 0 Å². The van der Waals surface area contributed by atoms with Gasteiger partial charge in [-0.25, -0.2) is 8.42 Å². The van der Waals surface area contributed by atoms with E-state index in [-0.39, 0.29) is 20.6 Å². The maximum Gasteiger partial charge on any atom is 0.262 e. The van der Waals surface area contributed by atoms with Crippen LogP contribution >= 0.6 is 45.5 Å². The second kappa shape index (κ2) is 5.43. The highest BCUT2D eigenvalue weighted by atomic mass is 35.7. The van der Waals surface area contributed by atoms with Gasteiger partial charge in [0, 0.05) is 24.8 Å². The van der Waals surface area contributed by atoms with Crippen molar-refractivity contribution in [3.8, 4) is 0 Å². The van der Waals surface area contributed by atoms with Crippen molar-refractivity contribution >= 4 is 60.4 Å². The molecule has 4 nitrogen and oxygen atoms in total. The molecule has 1 amide bonds. The van der Waals surface area contributed by atoms with Crippen LogP contribution in [0.2, 0.25) is 15.1 Å². The second-order valence-corrected chi connectivity index (χ2v) is 7.19. The summed E-state index contributed by atoms with van der Waals surface area (Å²) in [4.78, 5) is 12.6. The van der Waals surface area contributed by atoms with E-state index >= 15 is 0 Å². The molecule has 0 N–H and O–H groups in total. The van der Waals surface area contributed by atoms with Crippen molar-refractivity contribution in [3.05, 3.63) is 26.7 Å². The molecule has 0 aromatic heterocycles. The third kappa shape index (κ3) is 3.03. The van der Waals surface area contributed by atoms with E-state index in [0.717, 1.165) is 6.07 Å². The zero-order valence-corrected chi connectivity index (χ0v) is 13.0. The summed E-state index contributed by atoms with van der Waals surface area (Å²) < 4.78 is 22.6. The van der Waals surface area contributed by atoms with Crippen molar-refractivity contribution in [3.63, 3.8) is 0 Å². The Balaban J connectivity index is 3.72. The lowest BCUT2D eigenvalue weighted by Gasteiger charge is -2.15. The van der Waals surface area contributed by atoms with Gasteiger partial charge in [-0.05, 0) is 6.07 Å². The molecule has 9 heteroatoms. The zero-order chi connectivity index (χ0) is 14.2. The second-order valence-electron chi connectivity index (χ2n) is 3.50. The lowest BCUT2D eigenvalue weighted by Crippen LogP contribution is -2.23. The topological polar surface area (TPSA) is 54.5 Å². The summed E-state index contributed by atoms with van der Waals surface area (Å²) in [6.07, 6.45) is 0. The third-order valence-corrected chi connectivity index (χ3v) is 4.64. The van der Waals surface area contributed by atoms with Crippen molar-refractivity contribution in [2.75, 3.05) is 14.1 Å². The van der Waals surface area contributed by atoms with E-state index in [1.807, 2.05) is 0 Å². The Labute approximate surface area is 124 Å². The number of carbonyl (C=O) groups is 1. The molecule has 0 fully saturated rings. The van der Waals surface area contributed by atoms with E-state index in [1.54, 1.807) is 0 Å². The van der Waals surface area contributed by atoms with Crippen molar-refractivity contribution in [2.45, 2.75) is 4.90 Å². The van der Waals surface area contributed by atoms with Gasteiger partial charge in [0.1, 0.15) is 4.90 Å². The Morgan fingerprint density at radius 2 is 1.67 bits per heavy atom. The molecule has 1 aromatic rings.